The number of carbonyl (C=O) groups is 1. The minimum Gasteiger partial charge on any atom is -0.509 e. The molecular formula is C37H26N2O4. The number of rotatable bonds is 4. The van der Waals surface area contributed by atoms with Crippen molar-refractivity contribution in [2.75, 3.05) is 9.80 Å². The molecule has 5 aromatic carbocycles. The Morgan fingerprint density at radius 1 is 0.581 bits per heavy atom. The number of benzene rings is 5. The van der Waals surface area contributed by atoms with Crippen molar-refractivity contribution in [2.45, 2.75) is 25.3 Å². The molecule has 9 rings (SSSR count). The van der Waals surface area contributed by atoms with Crippen molar-refractivity contribution in [3.05, 3.63) is 142 Å². The van der Waals surface area contributed by atoms with E-state index in [0.717, 1.165) is 46.0 Å². The molecule has 0 aromatic heterocycles. The summed E-state index contributed by atoms with van der Waals surface area (Å²) in [7, 11) is 0. The van der Waals surface area contributed by atoms with Crippen LogP contribution in [0.15, 0.2) is 103 Å². The molecule has 0 saturated heterocycles. The second kappa shape index (κ2) is 8.52. The van der Waals surface area contributed by atoms with Crippen molar-refractivity contribution in [1.82, 2.24) is 0 Å². The number of carbonyl (C=O) groups excluding carboxylic acids is 1. The number of aliphatic hydroxyl groups excluding tert-OH is 1. The standard InChI is InChI=1S/C37H26N2O4/c40-34-26-18-22-11-7-9-20-17-21-10-8-12-23-19-27(32(26)39(30(20)22)31(21)23)35(41)28(34)29-36(42)33(37(29)43)38(24-13-3-1-4-14-24)25-15-5-2-6-16-25/h1-16,33,40-42H,17-19H2. The van der Waals surface area contributed by atoms with Crippen LogP contribution >= 0.6 is 0 Å². The minimum absolute atomic E-state index is 0.0183. The van der Waals surface area contributed by atoms with Gasteiger partial charge in [0.1, 0.15) is 17.3 Å². The predicted molar refractivity (Wildman–Crippen MR) is 166 cm³/mol. The number of ketones is 1. The van der Waals surface area contributed by atoms with Crippen LogP contribution in [0, 0.1) is 0 Å². The highest BCUT2D eigenvalue weighted by molar-refractivity contribution is 6.34. The third kappa shape index (κ3) is 3.10. The van der Waals surface area contributed by atoms with E-state index >= 15 is 0 Å². The monoisotopic (exact) mass is 562 g/mol. The number of nitrogens with zero attached hydrogens (tertiary/aromatic N) is 2. The maximum atomic E-state index is 14.1. The van der Waals surface area contributed by atoms with E-state index in [0.29, 0.717) is 24.0 Å². The van der Waals surface area contributed by atoms with Gasteiger partial charge in [0.2, 0.25) is 0 Å². The summed E-state index contributed by atoms with van der Waals surface area (Å²) in [5, 5.41) is 35.3. The Morgan fingerprint density at radius 3 is 1.51 bits per heavy atom. The molecule has 3 aliphatic heterocycles. The first-order valence-corrected chi connectivity index (χ1v) is 14.5. The fourth-order valence-electron chi connectivity index (χ4n) is 7.58. The summed E-state index contributed by atoms with van der Waals surface area (Å²) >= 11 is 0. The summed E-state index contributed by atoms with van der Waals surface area (Å²) < 4.78 is 0. The number of aromatic hydroxyl groups is 2. The van der Waals surface area contributed by atoms with E-state index in [4.69, 9.17) is 0 Å². The van der Waals surface area contributed by atoms with Gasteiger partial charge in [-0.15, -0.1) is 0 Å². The van der Waals surface area contributed by atoms with Crippen LogP contribution in [0.3, 0.4) is 0 Å². The highest BCUT2D eigenvalue weighted by Crippen LogP contribution is 2.61. The Bertz CT molecular complexity index is 1940. The number of hydrogen-bond donors (Lipinski definition) is 3. The zero-order valence-electron chi connectivity index (χ0n) is 23.1. The van der Waals surface area contributed by atoms with Gasteiger partial charge in [0.05, 0.1) is 28.2 Å². The summed E-state index contributed by atoms with van der Waals surface area (Å²) in [4.78, 5) is 18.1. The first kappa shape index (κ1) is 24.1. The van der Waals surface area contributed by atoms with Gasteiger partial charge in [-0.1, -0.05) is 72.8 Å². The number of anilines is 5. The van der Waals surface area contributed by atoms with E-state index in [1.807, 2.05) is 72.8 Å². The third-order valence-corrected chi connectivity index (χ3v) is 9.40. The molecule has 6 nitrogen and oxygen atoms in total. The topological polar surface area (TPSA) is 84.2 Å². The highest BCUT2D eigenvalue weighted by atomic mass is 16.3. The van der Waals surface area contributed by atoms with Crippen LogP contribution in [0.1, 0.15) is 38.9 Å². The summed E-state index contributed by atoms with van der Waals surface area (Å²) in [6.07, 6.45) is 1.76. The van der Waals surface area contributed by atoms with Crippen LogP contribution in [0.5, 0.6) is 11.5 Å². The van der Waals surface area contributed by atoms with Crippen molar-refractivity contribution >= 4 is 39.8 Å². The van der Waals surface area contributed by atoms with Crippen molar-refractivity contribution < 1.29 is 20.1 Å². The Morgan fingerprint density at radius 2 is 1.05 bits per heavy atom. The fraction of sp³-hybridized carbons (Fsp3) is 0.108. The molecule has 0 radical (unpaired) electrons. The molecule has 0 saturated carbocycles. The molecule has 208 valence electrons. The molecule has 0 fully saturated rings. The van der Waals surface area contributed by atoms with E-state index in [1.165, 1.54) is 11.1 Å². The van der Waals surface area contributed by atoms with Gasteiger partial charge in [-0.2, -0.15) is 0 Å². The molecule has 5 aromatic rings. The number of Topliss-reactive ketones (excluding diaryl/α,β-unsaturated/α-hetero) is 1. The number of phenolic OH excluding ortho intramolecular Hbond substituents is 2. The maximum Gasteiger partial charge on any atom is 0.197 e. The van der Waals surface area contributed by atoms with E-state index in [-0.39, 0.29) is 34.2 Å². The van der Waals surface area contributed by atoms with Crippen LogP contribution < -0.4 is 9.80 Å². The molecule has 43 heavy (non-hydrogen) atoms. The van der Waals surface area contributed by atoms with Crippen molar-refractivity contribution in [3.63, 3.8) is 0 Å². The Balaban J connectivity index is 1.25. The lowest BCUT2D eigenvalue weighted by Crippen LogP contribution is -2.47. The van der Waals surface area contributed by atoms with Crippen molar-refractivity contribution in [3.8, 4) is 11.5 Å². The van der Waals surface area contributed by atoms with E-state index in [2.05, 4.69) is 29.2 Å². The molecule has 3 N–H and O–H groups in total. The van der Waals surface area contributed by atoms with Gasteiger partial charge >= 0.3 is 0 Å². The SMILES string of the molecule is O=C1C(c2c(O)c3c4c(c2O)Cc2cccc5c2N4c2c(cccc2C3)C5)=C(O)C1N(c1ccccc1)c1ccccc1. The Labute approximate surface area is 248 Å². The van der Waals surface area contributed by atoms with Gasteiger partial charge < -0.3 is 25.1 Å². The van der Waals surface area contributed by atoms with E-state index < -0.39 is 6.04 Å². The molecule has 0 bridgehead atoms. The summed E-state index contributed by atoms with van der Waals surface area (Å²) in [5.41, 5.74) is 10.4. The molecule has 6 heteroatoms. The second-order valence-electron chi connectivity index (χ2n) is 11.7. The van der Waals surface area contributed by atoms with Gasteiger partial charge in [-0.05, 0) is 46.5 Å². The number of aliphatic hydroxyl groups is 1. The van der Waals surface area contributed by atoms with Gasteiger partial charge in [-0.25, -0.2) is 0 Å². The van der Waals surface area contributed by atoms with Crippen molar-refractivity contribution in [1.29, 1.82) is 0 Å². The van der Waals surface area contributed by atoms with Crippen molar-refractivity contribution in [2.24, 2.45) is 0 Å². The van der Waals surface area contributed by atoms with E-state index in [1.54, 1.807) is 4.90 Å². The number of hydrogen-bond acceptors (Lipinski definition) is 6. The second-order valence-corrected chi connectivity index (χ2v) is 11.7. The maximum absolute atomic E-state index is 14.1. The zero-order chi connectivity index (χ0) is 29.0. The lowest BCUT2D eigenvalue weighted by atomic mass is 9.75. The summed E-state index contributed by atoms with van der Waals surface area (Å²) in [6.45, 7) is 0. The molecular weight excluding hydrogens is 536 g/mol. The lowest BCUT2D eigenvalue weighted by Gasteiger charge is -2.45. The smallest absolute Gasteiger partial charge is 0.197 e. The van der Waals surface area contributed by atoms with Crippen LogP contribution in [0.2, 0.25) is 0 Å². The third-order valence-electron chi connectivity index (χ3n) is 9.40. The lowest BCUT2D eigenvalue weighted by molar-refractivity contribution is -0.116. The average molecular weight is 563 g/mol. The Hall–Kier alpha value is -5.49. The minimum atomic E-state index is -0.986. The van der Waals surface area contributed by atoms with Crippen LogP contribution in [0.25, 0.3) is 5.57 Å². The average Bonchev–Trinajstić information content (AvgIpc) is 3.04. The predicted octanol–water partition coefficient (Wildman–Crippen LogP) is 7.34. The molecule has 4 aliphatic rings. The zero-order valence-corrected chi connectivity index (χ0v) is 23.1. The Kier molecular flexibility index (Phi) is 4.78. The summed E-state index contributed by atoms with van der Waals surface area (Å²) in [6, 6.07) is 30.4. The van der Waals surface area contributed by atoms with Crippen LogP contribution in [-0.4, -0.2) is 27.1 Å². The molecule has 1 unspecified atom stereocenters. The number of para-hydroxylation sites is 4. The van der Waals surface area contributed by atoms with Crippen LogP contribution in [-0.2, 0) is 24.1 Å². The summed E-state index contributed by atoms with van der Waals surface area (Å²) in [5.74, 6) is -0.848. The number of phenols is 2. The van der Waals surface area contributed by atoms with Crippen LogP contribution in [0.4, 0.5) is 28.4 Å². The normalized spacial score (nSPS) is 17.0. The van der Waals surface area contributed by atoms with Gasteiger partial charge in [0, 0.05) is 41.8 Å². The van der Waals surface area contributed by atoms with Gasteiger partial charge in [0.15, 0.2) is 11.8 Å². The molecule has 0 spiro atoms. The quantitative estimate of drug-likeness (QED) is 0.208. The molecule has 1 atom stereocenters. The van der Waals surface area contributed by atoms with Gasteiger partial charge in [0.25, 0.3) is 0 Å². The largest absolute Gasteiger partial charge is 0.509 e. The van der Waals surface area contributed by atoms with E-state index in [9.17, 15) is 20.1 Å². The first-order chi connectivity index (χ1) is 21.0. The first-order valence-electron chi connectivity index (χ1n) is 14.5. The molecule has 3 heterocycles. The molecule has 1 aliphatic carbocycles. The molecule has 0 amide bonds. The fourth-order valence-corrected chi connectivity index (χ4v) is 7.58. The van der Waals surface area contributed by atoms with Gasteiger partial charge in [-0.3, -0.25) is 4.79 Å². The highest BCUT2D eigenvalue weighted by Gasteiger charge is 2.49.